The molecule has 1 aromatic carbocycles. The predicted molar refractivity (Wildman–Crippen MR) is 79.8 cm³/mol. The lowest BCUT2D eigenvalue weighted by Gasteiger charge is -2.29. The molecule has 2 fully saturated rings. The van der Waals surface area contributed by atoms with Crippen LogP contribution in [0.4, 0.5) is 0 Å². The molecule has 3 nitrogen and oxygen atoms in total. The van der Waals surface area contributed by atoms with Gasteiger partial charge in [-0.25, -0.2) is 0 Å². The lowest BCUT2D eigenvalue weighted by Crippen LogP contribution is -2.38. The average Bonchev–Trinajstić information content (AvgIpc) is 3.02. The number of fused-ring (bicyclic) bond motifs is 2. The summed E-state index contributed by atoms with van der Waals surface area (Å²) in [5, 5.41) is 0. The highest BCUT2D eigenvalue weighted by Gasteiger charge is 2.39. The van der Waals surface area contributed by atoms with Gasteiger partial charge in [0, 0.05) is 32.1 Å². The lowest BCUT2D eigenvalue weighted by molar-refractivity contribution is 0.163. The van der Waals surface area contributed by atoms with Crippen molar-refractivity contribution >= 4 is 0 Å². The zero-order valence-corrected chi connectivity index (χ0v) is 12.0. The van der Waals surface area contributed by atoms with E-state index in [0.717, 1.165) is 30.6 Å². The van der Waals surface area contributed by atoms with Gasteiger partial charge in [-0.3, -0.25) is 4.90 Å². The fourth-order valence-corrected chi connectivity index (χ4v) is 4.40. The first kappa shape index (κ1) is 12.7. The first-order chi connectivity index (χ1) is 9.79. The zero-order chi connectivity index (χ0) is 13.5. The molecule has 4 rings (SSSR count). The van der Waals surface area contributed by atoms with Gasteiger partial charge in [-0.05, 0) is 36.3 Å². The predicted octanol–water partition coefficient (Wildman–Crippen LogP) is 2.05. The number of ether oxygens (including phenoxy) is 1. The van der Waals surface area contributed by atoms with E-state index < -0.39 is 0 Å². The first-order valence-corrected chi connectivity index (χ1v) is 8.02. The molecule has 0 spiro atoms. The summed E-state index contributed by atoms with van der Waals surface area (Å²) in [6.07, 6.45) is 5.32. The van der Waals surface area contributed by atoms with Crippen molar-refractivity contribution in [1.29, 1.82) is 0 Å². The summed E-state index contributed by atoms with van der Waals surface area (Å²) in [6, 6.07) is 8.88. The summed E-state index contributed by atoms with van der Waals surface area (Å²) in [5.41, 5.74) is 7.67. The normalized spacial score (nSPS) is 36.5. The Morgan fingerprint density at radius 1 is 1.20 bits per heavy atom. The third kappa shape index (κ3) is 2.23. The van der Waals surface area contributed by atoms with Gasteiger partial charge in [-0.2, -0.15) is 0 Å². The second-order valence-corrected chi connectivity index (χ2v) is 6.79. The lowest BCUT2D eigenvalue weighted by atomic mass is 9.78. The minimum absolute atomic E-state index is 0.337. The van der Waals surface area contributed by atoms with Gasteiger partial charge in [0.25, 0.3) is 0 Å². The molecule has 2 N–H and O–H groups in total. The Bertz CT molecular complexity index is 465. The zero-order valence-electron chi connectivity index (χ0n) is 12.0. The van der Waals surface area contributed by atoms with Gasteiger partial charge in [0.15, 0.2) is 0 Å². The Balaban J connectivity index is 1.38. The molecule has 3 heteroatoms. The van der Waals surface area contributed by atoms with Gasteiger partial charge in [0.2, 0.25) is 0 Å². The highest BCUT2D eigenvalue weighted by molar-refractivity contribution is 5.37. The first-order valence-electron chi connectivity index (χ1n) is 8.02. The van der Waals surface area contributed by atoms with Crippen molar-refractivity contribution in [2.24, 2.45) is 17.6 Å². The highest BCUT2D eigenvalue weighted by Crippen LogP contribution is 2.36. The molecule has 4 atom stereocenters. The van der Waals surface area contributed by atoms with Crippen molar-refractivity contribution in [2.45, 2.75) is 37.8 Å². The van der Waals surface area contributed by atoms with Gasteiger partial charge in [0.1, 0.15) is 11.9 Å². The van der Waals surface area contributed by atoms with Crippen LogP contribution in [0.3, 0.4) is 0 Å². The standard InChI is InChI=1S/C17H24N2O/c18-16-6-3-5-13-9-19(11-15(13)16)10-14-8-12-4-1-2-7-17(12)20-14/h1-2,4,7,13-16H,3,5-6,8-11,18H2. The van der Waals surface area contributed by atoms with Crippen LogP contribution in [0.2, 0.25) is 0 Å². The Morgan fingerprint density at radius 2 is 2.10 bits per heavy atom. The number of rotatable bonds is 2. The summed E-state index contributed by atoms with van der Waals surface area (Å²) in [7, 11) is 0. The van der Waals surface area contributed by atoms with Crippen LogP contribution in [-0.2, 0) is 6.42 Å². The molecule has 0 aromatic heterocycles. The molecule has 0 amide bonds. The quantitative estimate of drug-likeness (QED) is 0.895. The summed E-state index contributed by atoms with van der Waals surface area (Å²) in [5.74, 6) is 2.65. The van der Waals surface area contributed by atoms with Gasteiger partial charge < -0.3 is 10.5 Å². The maximum atomic E-state index is 6.30. The second-order valence-electron chi connectivity index (χ2n) is 6.79. The van der Waals surface area contributed by atoms with Crippen LogP contribution >= 0.6 is 0 Å². The average molecular weight is 272 g/mol. The molecule has 108 valence electrons. The molecule has 1 aliphatic carbocycles. The van der Waals surface area contributed by atoms with E-state index in [2.05, 4.69) is 29.2 Å². The smallest absolute Gasteiger partial charge is 0.123 e. The fraction of sp³-hybridized carbons (Fsp3) is 0.647. The van der Waals surface area contributed by atoms with Crippen molar-refractivity contribution in [3.8, 4) is 5.75 Å². The van der Waals surface area contributed by atoms with Crippen LogP contribution in [0, 0.1) is 11.8 Å². The monoisotopic (exact) mass is 272 g/mol. The minimum Gasteiger partial charge on any atom is -0.488 e. The second kappa shape index (κ2) is 5.05. The molecule has 0 radical (unpaired) electrons. The number of para-hydroxylation sites is 1. The molecule has 3 aliphatic rings. The van der Waals surface area contributed by atoms with Crippen LogP contribution < -0.4 is 10.5 Å². The van der Waals surface area contributed by atoms with E-state index in [1.54, 1.807) is 0 Å². The minimum atomic E-state index is 0.337. The van der Waals surface area contributed by atoms with Crippen LogP contribution in [0.1, 0.15) is 24.8 Å². The van der Waals surface area contributed by atoms with E-state index in [4.69, 9.17) is 10.5 Å². The van der Waals surface area contributed by atoms with Gasteiger partial charge in [-0.1, -0.05) is 24.6 Å². The van der Waals surface area contributed by atoms with Gasteiger partial charge in [0.05, 0.1) is 0 Å². The van der Waals surface area contributed by atoms with E-state index in [-0.39, 0.29) is 0 Å². The molecule has 0 bridgehead atoms. The molecule has 4 unspecified atom stereocenters. The molecule has 2 heterocycles. The third-order valence-electron chi connectivity index (χ3n) is 5.41. The maximum Gasteiger partial charge on any atom is 0.123 e. The molecule has 1 saturated carbocycles. The van der Waals surface area contributed by atoms with Crippen molar-refractivity contribution in [1.82, 2.24) is 4.90 Å². The summed E-state index contributed by atoms with van der Waals surface area (Å²) < 4.78 is 6.08. The molecular formula is C17H24N2O. The van der Waals surface area contributed by atoms with E-state index in [9.17, 15) is 0 Å². The molecule has 1 aromatic rings. The Morgan fingerprint density at radius 3 is 2.95 bits per heavy atom. The Labute approximate surface area is 121 Å². The third-order valence-corrected chi connectivity index (χ3v) is 5.41. The van der Waals surface area contributed by atoms with Crippen LogP contribution in [0.5, 0.6) is 5.75 Å². The number of nitrogens with two attached hydrogens (primary N) is 1. The van der Waals surface area contributed by atoms with Crippen molar-refractivity contribution in [3.63, 3.8) is 0 Å². The van der Waals surface area contributed by atoms with Crippen LogP contribution in [0.25, 0.3) is 0 Å². The summed E-state index contributed by atoms with van der Waals surface area (Å²) >= 11 is 0. The summed E-state index contributed by atoms with van der Waals surface area (Å²) in [6.45, 7) is 3.48. The van der Waals surface area contributed by atoms with Crippen molar-refractivity contribution < 1.29 is 4.74 Å². The fourth-order valence-electron chi connectivity index (χ4n) is 4.40. The Hall–Kier alpha value is -1.06. The number of benzene rings is 1. The van der Waals surface area contributed by atoms with Crippen LogP contribution in [0.15, 0.2) is 24.3 Å². The largest absolute Gasteiger partial charge is 0.488 e. The SMILES string of the molecule is NC1CCCC2CN(CC3Cc4ccccc4O3)CC12. The highest BCUT2D eigenvalue weighted by atomic mass is 16.5. The number of hydrogen-bond acceptors (Lipinski definition) is 3. The number of nitrogens with zero attached hydrogens (tertiary/aromatic N) is 1. The van der Waals surface area contributed by atoms with Crippen molar-refractivity contribution in [2.75, 3.05) is 19.6 Å². The topological polar surface area (TPSA) is 38.5 Å². The number of likely N-dealkylation sites (tertiary alicyclic amines) is 1. The Kier molecular flexibility index (Phi) is 3.20. The molecule has 2 aliphatic heterocycles. The van der Waals surface area contributed by atoms with Gasteiger partial charge >= 0.3 is 0 Å². The van der Waals surface area contributed by atoms with E-state index >= 15 is 0 Å². The molecular weight excluding hydrogens is 248 g/mol. The number of hydrogen-bond donors (Lipinski definition) is 1. The van der Waals surface area contributed by atoms with Gasteiger partial charge in [-0.15, -0.1) is 0 Å². The van der Waals surface area contributed by atoms with Crippen LogP contribution in [-0.4, -0.2) is 36.7 Å². The maximum absolute atomic E-state index is 6.30. The van der Waals surface area contributed by atoms with E-state index in [0.29, 0.717) is 12.1 Å². The van der Waals surface area contributed by atoms with Crippen molar-refractivity contribution in [3.05, 3.63) is 29.8 Å². The molecule has 1 saturated heterocycles. The summed E-state index contributed by atoms with van der Waals surface area (Å²) in [4.78, 5) is 2.59. The van der Waals surface area contributed by atoms with E-state index in [1.165, 1.54) is 37.9 Å². The van der Waals surface area contributed by atoms with E-state index in [1.807, 2.05) is 0 Å². The molecule has 20 heavy (non-hydrogen) atoms.